The third-order valence-corrected chi connectivity index (χ3v) is 4.66. The number of halogens is 5. The third kappa shape index (κ3) is 3.88. The largest absolute Gasteiger partial charge is 0.417 e. The van der Waals surface area contributed by atoms with Gasteiger partial charge in [-0.05, 0) is 23.8 Å². The summed E-state index contributed by atoms with van der Waals surface area (Å²) in [6.45, 7) is 0. The molecular weight excluding hydrogens is 382 g/mol. The van der Waals surface area contributed by atoms with Crippen LogP contribution >= 0.6 is 23.4 Å². The normalized spacial score (nSPS) is 13.4. The number of benzene rings is 1. The van der Waals surface area contributed by atoms with E-state index in [1.807, 2.05) is 0 Å². The smallest absolute Gasteiger partial charge is 0.388 e. The van der Waals surface area contributed by atoms with Crippen molar-refractivity contribution in [2.75, 3.05) is 5.75 Å². The molecule has 1 atom stereocenters. The molecule has 4 nitrogen and oxygen atoms in total. The molecule has 25 heavy (non-hydrogen) atoms. The van der Waals surface area contributed by atoms with E-state index in [1.165, 1.54) is 18.2 Å². The number of fused-ring (bicyclic) bond motifs is 1. The Balaban J connectivity index is 1.85. The lowest BCUT2D eigenvalue weighted by atomic mass is 10.1. The first-order chi connectivity index (χ1) is 11.8. The van der Waals surface area contributed by atoms with Gasteiger partial charge in [-0.15, -0.1) is 10.2 Å². The van der Waals surface area contributed by atoms with Crippen molar-refractivity contribution in [2.45, 2.75) is 17.4 Å². The van der Waals surface area contributed by atoms with Gasteiger partial charge in [-0.25, -0.2) is 4.39 Å². The fourth-order valence-electron chi connectivity index (χ4n) is 2.15. The standard InChI is InChI=1S/C15H10ClF4N3OS/c16-11-5-9(15(18,19)20)6-23-13(11)21-22-14(23)25-7-12(24)8-2-1-3-10(17)4-8/h1-6,12,24H,7H2. The number of aliphatic hydroxyl groups is 1. The Labute approximate surface area is 148 Å². The van der Waals surface area contributed by atoms with E-state index in [2.05, 4.69) is 10.2 Å². The molecule has 132 valence electrons. The molecule has 2 aromatic heterocycles. The number of rotatable bonds is 4. The number of nitrogens with zero attached hydrogens (tertiary/aromatic N) is 3. The molecule has 1 N–H and O–H groups in total. The van der Waals surface area contributed by atoms with Gasteiger partial charge in [0.15, 0.2) is 10.8 Å². The van der Waals surface area contributed by atoms with Crippen LogP contribution in [0.4, 0.5) is 17.6 Å². The second kappa shape index (κ2) is 6.81. The van der Waals surface area contributed by atoms with Crippen LogP contribution in [0, 0.1) is 5.82 Å². The molecule has 0 spiro atoms. The minimum atomic E-state index is -4.56. The maximum Gasteiger partial charge on any atom is 0.417 e. The van der Waals surface area contributed by atoms with Crippen LogP contribution in [0.5, 0.6) is 0 Å². The Bertz CT molecular complexity index is 915. The van der Waals surface area contributed by atoms with Gasteiger partial charge in [-0.3, -0.25) is 4.40 Å². The fourth-order valence-corrected chi connectivity index (χ4v) is 3.27. The second-order valence-corrected chi connectivity index (χ2v) is 6.53. The van der Waals surface area contributed by atoms with Gasteiger partial charge in [0.25, 0.3) is 0 Å². The Morgan fingerprint density at radius 1 is 1.24 bits per heavy atom. The van der Waals surface area contributed by atoms with Crippen molar-refractivity contribution < 1.29 is 22.7 Å². The van der Waals surface area contributed by atoms with Crippen molar-refractivity contribution in [3.8, 4) is 0 Å². The van der Waals surface area contributed by atoms with Gasteiger partial charge < -0.3 is 5.11 Å². The molecule has 0 amide bonds. The van der Waals surface area contributed by atoms with Gasteiger partial charge in [0, 0.05) is 11.9 Å². The highest BCUT2D eigenvalue weighted by Gasteiger charge is 2.32. The molecule has 0 saturated heterocycles. The Hall–Kier alpha value is -1.84. The molecule has 0 aliphatic heterocycles. The Morgan fingerprint density at radius 2 is 2.00 bits per heavy atom. The van der Waals surface area contributed by atoms with E-state index in [0.29, 0.717) is 5.56 Å². The summed E-state index contributed by atoms with van der Waals surface area (Å²) in [6.07, 6.45) is -4.74. The summed E-state index contributed by atoms with van der Waals surface area (Å²) in [6, 6.07) is 6.22. The van der Waals surface area contributed by atoms with Crippen LogP contribution in [0.25, 0.3) is 5.65 Å². The number of alkyl halides is 3. The van der Waals surface area contributed by atoms with Crippen LogP contribution in [0.1, 0.15) is 17.2 Å². The minimum Gasteiger partial charge on any atom is -0.388 e. The topological polar surface area (TPSA) is 50.4 Å². The average Bonchev–Trinajstić information content (AvgIpc) is 2.95. The Morgan fingerprint density at radius 3 is 2.68 bits per heavy atom. The maximum absolute atomic E-state index is 13.2. The van der Waals surface area contributed by atoms with E-state index in [1.54, 1.807) is 6.07 Å². The predicted octanol–water partition coefficient (Wildman–Crippen LogP) is 4.37. The SMILES string of the molecule is OC(CSc1nnc2c(Cl)cc(C(F)(F)F)cn12)c1cccc(F)c1. The summed E-state index contributed by atoms with van der Waals surface area (Å²) >= 11 is 6.82. The summed E-state index contributed by atoms with van der Waals surface area (Å²) in [7, 11) is 0. The molecule has 1 unspecified atom stereocenters. The number of hydrogen-bond donors (Lipinski definition) is 1. The number of aromatic nitrogens is 3. The lowest BCUT2D eigenvalue weighted by Gasteiger charge is -2.11. The molecular formula is C15H10ClF4N3OS. The maximum atomic E-state index is 13.2. The highest BCUT2D eigenvalue weighted by atomic mass is 35.5. The molecule has 10 heteroatoms. The summed E-state index contributed by atoms with van der Waals surface area (Å²) in [5.41, 5.74) is -0.495. The summed E-state index contributed by atoms with van der Waals surface area (Å²) in [4.78, 5) is 0. The summed E-state index contributed by atoms with van der Waals surface area (Å²) in [5.74, 6) is -0.436. The van der Waals surface area contributed by atoms with Gasteiger partial charge in [-0.1, -0.05) is 35.5 Å². The van der Waals surface area contributed by atoms with E-state index < -0.39 is 23.7 Å². The van der Waals surface area contributed by atoms with Gasteiger partial charge in [0.05, 0.1) is 16.7 Å². The summed E-state index contributed by atoms with van der Waals surface area (Å²) < 4.78 is 53.0. The molecule has 3 aromatic rings. The van der Waals surface area contributed by atoms with E-state index in [4.69, 9.17) is 11.6 Å². The quantitative estimate of drug-likeness (QED) is 0.530. The van der Waals surface area contributed by atoms with Gasteiger partial charge in [0.1, 0.15) is 5.82 Å². The number of thioether (sulfide) groups is 1. The van der Waals surface area contributed by atoms with E-state index in [0.717, 1.165) is 28.4 Å². The molecule has 0 aliphatic rings. The second-order valence-electron chi connectivity index (χ2n) is 5.13. The zero-order valence-corrected chi connectivity index (χ0v) is 13.9. The number of hydrogen-bond acceptors (Lipinski definition) is 4. The van der Waals surface area contributed by atoms with Crippen molar-refractivity contribution in [3.63, 3.8) is 0 Å². The highest BCUT2D eigenvalue weighted by Crippen LogP contribution is 2.33. The van der Waals surface area contributed by atoms with Crippen LogP contribution < -0.4 is 0 Å². The van der Waals surface area contributed by atoms with Crippen molar-refractivity contribution in [1.29, 1.82) is 0 Å². The molecule has 0 radical (unpaired) electrons. The summed E-state index contributed by atoms with van der Waals surface area (Å²) in [5, 5.41) is 17.6. The van der Waals surface area contributed by atoms with Gasteiger partial charge >= 0.3 is 6.18 Å². The molecule has 0 saturated carbocycles. The van der Waals surface area contributed by atoms with Crippen LogP contribution in [0.3, 0.4) is 0 Å². The van der Waals surface area contributed by atoms with E-state index in [-0.39, 0.29) is 21.6 Å². The van der Waals surface area contributed by atoms with Crippen molar-refractivity contribution in [2.24, 2.45) is 0 Å². The van der Waals surface area contributed by atoms with Crippen molar-refractivity contribution in [3.05, 3.63) is 58.5 Å². The lowest BCUT2D eigenvalue weighted by Crippen LogP contribution is -2.07. The average molecular weight is 392 g/mol. The first-order valence-electron chi connectivity index (χ1n) is 6.93. The number of pyridine rings is 1. The van der Waals surface area contributed by atoms with Crippen molar-refractivity contribution in [1.82, 2.24) is 14.6 Å². The molecule has 2 heterocycles. The molecule has 0 fully saturated rings. The van der Waals surface area contributed by atoms with Crippen LogP contribution in [0.2, 0.25) is 5.02 Å². The van der Waals surface area contributed by atoms with Gasteiger partial charge in [0.2, 0.25) is 0 Å². The van der Waals surface area contributed by atoms with E-state index >= 15 is 0 Å². The monoisotopic (exact) mass is 391 g/mol. The van der Waals surface area contributed by atoms with Crippen LogP contribution in [-0.4, -0.2) is 25.5 Å². The molecule has 0 bridgehead atoms. The highest BCUT2D eigenvalue weighted by molar-refractivity contribution is 7.99. The Kier molecular flexibility index (Phi) is 4.90. The van der Waals surface area contributed by atoms with Gasteiger partial charge in [-0.2, -0.15) is 13.2 Å². The van der Waals surface area contributed by atoms with E-state index in [9.17, 15) is 22.7 Å². The predicted molar refractivity (Wildman–Crippen MR) is 85.1 cm³/mol. The first-order valence-corrected chi connectivity index (χ1v) is 8.30. The zero-order chi connectivity index (χ0) is 18.2. The molecule has 3 rings (SSSR count). The molecule has 1 aromatic carbocycles. The van der Waals surface area contributed by atoms with Crippen LogP contribution in [-0.2, 0) is 6.18 Å². The third-order valence-electron chi connectivity index (χ3n) is 3.36. The lowest BCUT2D eigenvalue weighted by molar-refractivity contribution is -0.137. The number of aliphatic hydroxyl groups excluding tert-OH is 1. The van der Waals surface area contributed by atoms with Crippen molar-refractivity contribution >= 4 is 29.0 Å². The fraction of sp³-hybridized carbons (Fsp3) is 0.200. The zero-order valence-electron chi connectivity index (χ0n) is 12.3. The first kappa shape index (κ1) is 18.0. The molecule has 0 aliphatic carbocycles. The van der Waals surface area contributed by atoms with Crippen LogP contribution in [0.15, 0.2) is 41.7 Å². The minimum absolute atomic E-state index is 0.0537.